The molecule has 1 amide bonds. The van der Waals surface area contributed by atoms with E-state index in [0.717, 1.165) is 24.2 Å². The zero-order chi connectivity index (χ0) is 14.9. The fourth-order valence-electron chi connectivity index (χ4n) is 2.83. The lowest BCUT2D eigenvalue weighted by Gasteiger charge is -2.39. The normalized spacial score (nSPS) is 22.7. The summed E-state index contributed by atoms with van der Waals surface area (Å²) in [5, 5.41) is 0. The van der Waals surface area contributed by atoms with Gasteiger partial charge >= 0.3 is 0 Å². The van der Waals surface area contributed by atoms with Gasteiger partial charge in [0.15, 0.2) is 0 Å². The number of benzene rings is 1. The van der Waals surface area contributed by atoms with Gasteiger partial charge in [0, 0.05) is 32.4 Å². The number of carbonyl (C=O) groups is 1. The van der Waals surface area contributed by atoms with E-state index in [4.69, 9.17) is 5.73 Å². The van der Waals surface area contributed by atoms with E-state index < -0.39 is 0 Å². The molecule has 2 atom stereocenters. The minimum Gasteiger partial charge on any atom is -0.399 e. The molecule has 0 aromatic heterocycles. The first-order valence-corrected chi connectivity index (χ1v) is 7.28. The Hall–Kier alpha value is -1.71. The van der Waals surface area contributed by atoms with Gasteiger partial charge in [0.1, 0.15) is 0 Å². The van der Waals surface area contributed by atoms with Gasteiger partial charge in [-0.05, 0) is 43.9 Å². The van der Waals surface area contributed by atoms with Gasteiger partial charge in [0.2, 0.25) is 0 Å². The Labute approximate surface area is 121 Å². The lowest BCUT2D eigenvalue weighted by Crippen LogP contribution is -2.42. The number of hydrogen-bond donors (Lipinski definition) is 1. The van der Waals surface area contributed by atoms with Crippen LogP contribution < -0.4 is 10.6 Å². The summed E-state index contributed by atoms with van der Waals surface area (Å²) >= 11 is 0. The number of piperidine rings is 1. The van der Waals surface area contributed by atoms with Gasteiger partial charge in [-0.1, -0.05) is 6.92 Å². The SMILES string of the molecule is CC1CCC(C)N(c2cc(N)ccc2C(=O)N(C)C)C1. The number of carbonyl (C=O) groups excluding carboxylic acids is 1. The van der Waals surface area contributed by atoms with Crippen LogP contribution in [0.4, 0.5) is 11.4 Å². The molecule has 0 bridgehead atoms. The standard InChI is InChI=1S/C16H25N3O/c1-11-5-6-12(2)19(10-11)15-9-13(17)7-8-14(15)16(20)18(3)4/h7-9,11-12H,5-6,10,17H2,1-4H3. The summed E-state index contributed by atoms with van der Waals surface area (Å²) in [4.78, 5) is 16.3. The minimum absolute atomic E-state index is 0.0328. The quantitative estimate of drug-likeness (QED) is 0.844. The number of anilines is 2. The summed E-state index contributed by atoms with van der Waals surface area (Å²) in [6.07, 6.45) is 2.41. The van der Waals surface area contributed by atoms with Crippen LogP contribution in [0.15, 0.2) is 18.2 Å². The molecule has 0 aliphatic carbocycles. The molecule has 20 heavy (non-hydrogen) atoms. The van der Waals surface area contributed by atoms with Crippen molar-refractivity contribution in [2.24, 2.45) is 5.92 Å². The van der Waals surface area contributed by atoms with Gasteiger partial charge in [-0.15, -0.1) is 0 Å². The summed E-state index contributed by atoms with van der Waals surface area (Å²) < 4.78 is 0. The van der Waals surface area contributed by atoms with E-state index in [1.807, 2.05) is 12.1 Å². The molecule has 2 N–H and O–H groups in total. The third-order valence-corrected chi connectivity index (χ3v) is 4.09. The van der Waals surface area contributed by atoms with Gasteiger partial charge in [-0.25, -0.2) is 0 Å². The van der Waals surface area contributed by atoms with E-state index in [0.29, 0.717) is 17.6 Å². The number of nitrogens with zero attached hydrogens (tertiary/aromatic N) is 2. The Morgan fingerprint density at radius 3 is 2.65 bits per heavy atom. The van der Waals surface area contributed by atoms with Crippen molar-refractivity contribution < 1.29 is 4.79 Å². The molecule has 4 heteroatoms. The molecule has 1 aromatic rings. The highest BCUT2D eigenvalue weighted by Gasteiger charge is 2.26. The summed E-state index contributed by atoms with van der Waals surface area (Å²) in [5.74, 6) is 0.681. The Kier molecular flexibility index (Phi) is 4.21. The van der Waals surface area contributed by atoms with Crippen molar-refractivity contribution in [2.75, 3.05) is 31.3 Å². The Balaban J connectivity index is 2.43. The highest BCUT2D eigenvalue weighted by atomic mass is 16.2. The van der Waals surface area contributed by atoms with Gasteiger partial charge < -0.3 is 15.5 Å². The molecule has 2 rings (SSSR count). The molecule has 1 fully saturated rings. The van der Waals surface area contributed by atoms with Crippen molar-refractivity contribution in [3.8, 4) is 0 Å². The van der Waals surface area contributed by atoms with Gasteiger partial charge in [-0.3, -0.25) is 4.79 Å². The van der Waals surface area contributed by atoms with Crippen LogP contribution >= 0.6 is 0 Å². The Morgan fingerprint density at radius 1 is 1.30 bits per heavy atom. The van der Waals surface area contributed by atoms with Crippen LogP contribution in [0, 0.1) is 5.92 Å². The monoisotopic (exact) mass is 275 g/mol. The highest BCUT2D eigenvalue weighted by Crippen LogP contribution is 2.32. The van der Waals surface area contributed by atoms with Gasteiger partial charge in [-0.2, -0.15) is 0 Å². The molecule has 0 saturated carbocycles. The predicted octanol–water partition coefficient (Wildman–Crippen LogP) is 2.60. The average molecular weight is 275 g/mol. The van der Waals surface area contributed by atoms with Crippen molar-refractivity contribution in [1.82, 2.24) is 4.90 Å². The zero-order valence-electron chi connectivity index (χ0n) is 12.9. The highest BCUT2D eigenvalue weighted by molar-refractivity contribution is 6.00. The van der Waals surface area contributed by atoms with Crippen LogP contribution in [-0.2, 0) is 0 Å². The van der Waals surface area contributed by atoms with Crippen molar-refractivity contribution in [2.45, 2.75) is 32.7 Å². The molecular weight excluding hydrogens is 250 g/mol. The van der Waals surface area contributed by atoms with Crippen LogP contribution in [-0.4, -0.2) is 37.5 Å². The molecule has 110 valence electrons. The van der Waals surface area contributed by atoms with Crippen molar-refractivity contribution in [1.29, 1.82) is 0 Å². The second-order valence-electron chi connectivity index (χ2n) is 6.16. The maximum Gasteiger partial charge on any atom is 0.255 e. The van der Waals surface area contributed by atoms with Crippen molar-refractivity contribution in [3.63, 3.8) is 0 Å². The average Bonchev–Trinajstić information content (AvgIpc) is 2.40. The molecule has 4 nitrogen and oxygen atoms in total. The molecule has 0 radical (unpaired) electrons. The van der Waals surface area contributed by atoms with Crippen LogP contribution in [0.1, 0.15) is 37.0 Å². The predicted molar refractivity (Wildman–Crippen MR) is 84.1 cm³/mol. The minimum atomic E-state index is 0.0328. The van der Waals surface area contributed by atoms with Crippen LogP contribution in [0.5, 0.6) is 0 Å². The Morgan fingerprint density at radius 2 is 2.00 bits per heavy atom. The maximum atomic E-state index is 12.4. The molecule has 1 aliphatic heterocycles. The number of hydrogen-bond acceptors (Lipinski definition) is 3. The largest absolute Gasteiger partial charge is 0.399 e. The topological polar surface area (TPSA) is 49.6 Å². The molecule has 1 heterocycles. The van der Waals surface area contributed by atoms with E-state index in [9.17, 15) is 4.79 Å². The smallest absolute Gasteiger partial charge is 0.255 e. The zero-order valence-corrected chi connectivity index (χ0v) is 12.9. The second kappa shape index (κ2) is 5.73. The van der Waals surface area contributed by atoms with Crippen LogP contribution in [0.25, 0.3) is 0 Å². The van der Waals surface area contributed by atoms with E-state index in [2.05, 4.69) is 18.7 Å². The fourth-order valence-corrected chi connectivity index (χ4v) is 2.83. The number of nitrogen functional groups attached to an aromatic ring is 1. The third-order valence-electron chi connectivity index (χ3n) is 4.09. The van der Waals surface area contributed by atoms with Gasteiger partial charge in [0.25, 0.3) is 5.91 Å². The molecule has 1 aromatic carbocycles. The molecule has 0 spiro atoms. The van der Waals surface area contributed by atoms with Crippen molar-refractivity contribution >= 4 is 17.3 Å². The summed E-state index contributed by atoms with van der Waals surface area (Å²) in [6, 6.07) is 6.03. The first-order chi connectivity index (χ1) is 9.40. The first kappa shape index (κ1) is 14.7. The van der Waals surface area contributed by atoms with E-state index >= 15 is 0 Å². The summed E-state index contributed by atoms with van der Waals surface area (Å²) in [5.41, 5.74) is 8.36. The number of nitrogens with two attached hydrogens (primary N) is 1. The summed E-state index contributed by atoms with van der Waals surface area (Å²) in [6.45, 7) is 5.47. The Bertz CT molecular complexity index is 498. The second-order valence-corrected chi connectivity index (χ2v) is 6.16. The molecule has 1 aliphatic rings. The lowest BCUT2D eigenvalue weighted by atomic mass is 9.93. The number of amides is 1. The third kappa shape index (κ3) is 2.89. The summed E-state index contributed by atoms with van der Waals surface area (Å²) in [7, 11) is 3.56. The van der Waals surface area contributed by atoms with Crippen molar-refractivity contribution in [3.05, 3.63) is 23.8 Å². The van der Waals surface area contributed by atoms with E-state index in [1.54, 1.807) is 25.1 Å². The van der Waals surface area contributed by atoms with Gasteiger partial charge in [0.05, 0.1) is 11.3 Å². The lowest BCUT2D eigenvalue weighted by molar-refractivity contribution is 0.0828. The molecular formula is C16H25N3O. The number of rotatable bonds is 2. The van der Waals surface area contributed by atoms with E-state index in [1.165, 1.54) is 6.42 Å². The molecule has 1 saturated heterocycles. The van der Waals surface area contributed by atoms with Crippen LogP contribution in [0.2, 0.25) is 0 Å². The fraction of sp³-hybridized carbons (Fsp3) is 0.562. The van der Waals surface area contributed by atoms with Crippen LogP contribution in [0.3, 0.4) is 0 Å². The first-order valence-electron chi connectivity index (χ1n) is 7.28. The van der Waals surface area contributed by atoms with E-state index in [-0.39, 0.29) is 5.91 Å². The maximum absolute atomic E-state index is 12.4. The molecule has 2 unspecified atom stereocenters.